The molecule has 180 valence electrons. The smallest absolute Gasteiger partial charge is 0.410 e. The Morgan fingerprint density at radius 1 is 1.18 bits per heavy atom. The van der Waals surface area contributed by atoms with Gasteiger partial charge in [-0.15, -0.1) is 0 Å². The fourth-order valence-corrected chi connectivity index (χ4v) is 5.00. The fraction of sp³-hybridized carbons (Fsp3) is 0.571. The zero-order valence-corrected chi connectivity index (χ0v) is 21.0. The van der Waals surface area contributed by atoms with Crippen LogP contribution in [0.1, 0.15) is 33.6 Å². The lowest BCUT2D eigenvalue weighted by molar-refractivity contribution is 0.0123. The molecule has 2 aliphatic heterocycles. The highest BCUT2D eigenvalue weighted by atomic mass is 79.9. The topological polar surface area (TPSA) is 77.0 Å². The van der Waals surface area contributed by atoms with Crippen LogP contribution < -0.4 is 9.64 Å². The van der Waals surface area contributed by atoms with Crippen LogP contribution in [0.25, 0.3) is 10.9 Å². The molecule has 0 spiro atoms. The fourth-order valence-electron chi connectivity index (χ4n) is 4.36. The Kier molecular flexibility index (Phi) is 6.58. The minimum absolute atomic E-state index is 0.142. The molecule has 2 aliphatic rings. The van der Waals surface area contributed by atoms with Crippen LogP contribution >= 0.6 is 27.5 Å². The van der Waals surface area contributed by atoms with E-state index in [1.165, 1.54) is 7.11 Å². The standard InChI is InChI=1S/C21H24BrClF2N4O4/c1-21(2,3)33-20(30)29-10-5-6-11(29)8-28(7-10)18-12-14(24)17(32-9-31-4)13(22)15(25)16(12)26-19(23)27-18/h10-11H,5-9H2,1-4H3. The van der Waals surface area contributed by atoms with Crippen LogP contribution in [0.15, 0.2) is 4.47 Å². The van der Waals surface area contributed by atoms with Crippen LogP contribution in [0.5, 0.6) is 5.75 Å². The molecule has 2 unspecified atom stereocenters. The molecule has 3 heterocycles. The zero-order chi connectivity index (χ0) is 24.1. The number of carbonyl (C=O) groups is 1. The minimum Gasteiger partial charge on any atom is -0.463 e. The molecule has 2 aromatic rings. The molecule has 2 bridgehead atoms. The molecule has 1 aromatic carbocycles. The number of hydrogen-bond acceptors (Lipinski definition) is 7. The van der Waals surface area contributed by atoms with E-state index in [4.69, 9.17) is 25.8 Å². The summed E-state index contributed by atoms with van der Waals surface area (Å²) < 4.78 is 46.1. The minimum atomic E-state index is -0.830. The summed E-state index contributed by atoms with van der Waals surface area (Å²) in [6.07, 6.45) is 1.15. The predicted octanol–water partition coefficient (Wildman–Crippen LogP) is 4.89. The molecule has 12 heteroatoms. The summed E-state index contributed by atoms with van der Waals surface area (Å²) in [5.74, 6) is -1.84. The molecule has 2 atom stereocenters. The van der Waals surface area contributed by atoms with Crippen molar-refractivity contribution in [2.45, 2.75) is 51.3 Å². The van der Waals surface area contributed by atoms with E-state index >= 15 is 8.78 Å². The van der Waals surface area contributed by atoms with Crippen molar-refractivity contribution in [2.24, 2.45) is 0 Å². The zero-order valence-electron chi connectivity index (χ0n) is 18.6. The molecule has 2 fully saturated rings. The number of amides is 1. The molecular formula is C21H24BrClF2N4O4. The number of nitrogens with zero attached hydrogens (tertiary/aromatic N) is 4. The van der Waals surface area contributed by atoms with Gasteiger partial charge in [0.15, 0.2) is 24.2 Å². The van der Waals surface area contributed by atoms with Crippen LogP contribution in [-0.2, 0) is 9.47 Å². The van der Waals surface area contributed by atoms with E-state index in [0.29, 0.717) is 13.1 Å². The highest BCUT2D eigenvalue weighted by Gasteiger charge is 2.45. The summed E-state index contributed by atoms with van der Waals surface area (Å²) in [5.41, 5.74) is -0.877. The van der Waals surface area contributed by atoms with Crippen LogP contribution in [0, 0.1) is 11.6 Å². The molecule has 0 N–H and O–H groups in total. The third-order valence-corrected chi connectivity index (χ3v) is 6.47. The summed E-state index contributed by atoms with van der Waals surface area (Å²) in [6.45, 7) is 5.90. The maximum Gasteiger partial charge on any atom is 0.410 e. The molecule has 1 aromatic heterocycles. The lowest BCUT2D eigenvalue weighted by Crippen LogP contribution is -2.57. The Bertz CT molecular complexity index is 1090. The van der Waals surface area contributed by atoms with E-state index < -0.39 is 17.2 Å². The quantitative estimate of drug-likeness (QED) is 0.305. The van der Waals surface area contributed by atoms with E-state index in [9.17, 15) is 4.79 Å². The molecular weight excluding hydrogens is 526 g/mol. The van der Waals surface area contributed by atoms with Gasteiger partial charge in [0, 0.05) is 20.2 Å². The number of carbonyl (C=O) groups excluding carboxylic acids is 1. The lowest BCUT2D eigenvalue weighted by Gasteiger charge is -2.42. The summed E-state index contributed by atoms with van der Waals surface area (Å²) in [6, 6.07) is -0.315. The Hall–Kier alpha value is -1.98. The van der Waals surface area contributed by atoms with Crippen molar-refractivity contribution in [3.8, 4) is 5.75 Å². The molecule has 1 amide bonds. The van der Waals surface area contributed by atoms with Gasteiger partial charge in [0.2, 0.25) is 5.28 Å². The maximum absolute atomic E-state index is 15.6. The molecule has 0 radical (unpaired) electrons. The van der Waals surface area contributed by atoms with Crippen molar-refractivity contribution in [3.63, 3.8) is 0 Å². The van der Waals surface area contributed by atoms with Crippen molar-refractivity contribution in [3.05, 3.63) is 21.4 Å². The van der Waals surface area contributed by atoms with Crippen LogP contribution in [0.2, 0.25) is 5.28 Å². The molecule has 33 heavy (non-hydrogen) atoms. The predicted molar refractivity (Wildman–Crippen MR) is 122 cm³/mol. The van der Waals surface area contributed by atoms with Gasteiger partial charge in [-0.3, -0.25) is 4.90 Å². The Balaban J connectivity index is 1.74. The van der Waals surface area contributed by atoms with Gasteiger partial charge < -0.3 is 19.1 Å². The third kappa shape index (κ3) is 4.54. The maximum atomic E-state index is 15.6. The van der Waals surface area contributed by atoms with Crippen molar-refractivity contribution >= 4 is 50.3 Å². The highest BCUT2D eigenvalue weighted by Crippen LogP contribution is 2.42. The number of anilines is 1. The second kappa shape index (κ2) is 8.99. The molecule has 4 rings (SSSR count). The number of ether oxygens (including phenoxy) is 3. The van der Waals surface area contributed by atoms with Crippen molar-refractivity contribution in [1.29, 1.82) is 0 Å². The van der Waals surface area contributed by atoms with E-state index in [2.05, 4.69) is 25.9 Å². The summed E-state index contributed by atoms with van der Waals surface area (Å²) in [5, 5.41) is -0.355. The van der Waals surface area contributed by atoms with E-state index in [1.807, 2.05) is 25.7 Å². The SMILES string of the molecule is COCOc1c(Br)c(F)c2nc(Cl)nc(N3CC4CCC(C3)N4C(=O)OC(C)(C)C)c2c1F. The van der Waals surface area contributed by atoms with E-state index in [-0.39, 0.29) is 57.2 Å². The first-order valence-electron chi connectivity index (χ1n) is 10.4. The summed E-state index contributed by atoms with van der Waals surface area (Å²) in [7, 11) is 1.37. The second-order valence-corrected chi connectivity index (χ2v) is 10.2. The van der Waals surface area contributed by atoms with Gasteiger partial charge in [0.05, 0.1) is 17.5 Å². The summed E-state index contributed by atoms with van der Waals surface area (Å²) in [4.78, 5) is 24.5. The third-order valence-electron chi connectivity index (χ3n) is 5.59. The average Bonchev–Trinajstić information content (AvgIpc) is 3.00. The van der Waals surface area contributed by atoms with Gasteiger partial charge in [-0.05, 0) is 61.1 Å². The van der Waals surface area contributed by atoms with Crippen molar-refractivity contribution in [2.75, 3.05) is 31.9 Å². The normalized spacial score (nSPS) is 20.5. The number of fused-ring (bicyclic) bond motifs is 3. The van der Waals surface area contributed by atoms with E-state index in [1.54, 1.807) is 4.90 Å². The Morgan fingerprint density at radius 3 is 2.39 bits per heavy atom. The Labute approximate surface area is 203 Å². The number of hydrogen-bond donors (Lipinski definition) is 0. The number of rotatable bonds is 4. The monoisotopic (exact) mass is 548 g/mol. The van der Waals surface area contributed by atoms with Gasteiger partial charge >= 0.3 is 6.09 Å². The number of halogens is 4. The van der Waals surface area contributed by atoms with Crippen molar-refractivity contribution in [1.82, 2.24) is 14.9 Å². The second-order valence-electron chi connectivity index (χ2n) is 9.04. The molecule has 0 saturated carbocycles. The van der Waals surface area contributed by atoms with Crippen molar-refractivity contribution < 1.29 is 27.8 Å². The number of aromatic nitrogens is 2. The largest absolute Gasteiger partial charge is 0.463 e. The van der Waals surface area contributed by atoms with Gasteiger partial charge in [0.1, 0.15) is 21.4 Å². The lowest BCUT2D eigenvalue weighted by atomic mass is 10.1. The highest BCUT2D eigenvalue weighted by molar-refractivity contribution is 9.10. The first-order chi connectivity index (χ1) is 15.5. The van der Waals surface area contributed by atoms with Crippen LogP contribution in [0.3, 0.4) is 0 Å². The number of benzene rings is 1. The molecule has 0 aliphatic carbocycles. The first kappa shape index (κ1) is 24.2. The molecule has 2 saturated heterocycles. The van der Waals surface area contributed by atoms with E-state index in [0.717, 1.165) is 12.8 Å². The van der Waals surface area contributed by atoms with Gasteiger partial charge in [0.25, 0.3) is 0 Å². The van der Waals surface area contributed by atoms with Gasteiger partial charge in [-0.25, -0.2) is 18.6 Å². The number of piperazine rings is 1. The molecule has 8 nitrogen and oxygen atoms in total. The number of methoxy groups -OCH3 is 1. The van der Waals surface area contributed by atoms with Crippen LogP contribution in [0.4, 0.5) is 19.4 Å². The average molecular weight is 550 g/mol. The van der Waals surface area contributed by atoms with Crippen LogP contribution in [-0.4, -0.2) is 65.6 Å². The van der Waals surface area contributed by atoms with Gasteiger partial charge in [-0.2, -0.15) is 4.98 Å². The van der Waals surface area contributed by atoms with Gasteiger partial charge in [-0.1, -0.05) is 0 Å². The summed E-state index contributed by atoms with van der Waals surface area (Å²) >= 11 is 9.13. The Morgan fingerprint density at radius 2 is 1.82 bits per heavy atom. The first-order valence-corrected chi connectivity index (χ1v) is 11.6.